The zero-order chi connectivity index (χ0) is 15.4. The summed E-state index contributed by atoms with van der Waals surface area (Å²) in [6.07, 6.45) is 0. The van der Waals surface area contributed by atoms with Crippen LogP contribution >= 0.6 is 0 Å². The maximum absolute atomic E-state index is 13.6. The minimum atomic E-state index is -0.716. The monoisotopic (exact) mass is 294 g/mol. The molecule has 6 nitrogen and oxygen atoms in total. The molecule has 1 aromatic carbocycles. The van der Waals surface area contributed by atoms with Crippen LogP contribution in [0.1, 0.15) is 6.92 Å². The largest absolute Gasteiger partial charge is 0.354 e. The molecular formula is C13H16F2N6. The summed E-state index contributed by atoms with van der Waals surface area (Å²) in [6, 6.07) is 3.61. The molecule has 0 aliphatic carbocycles. The molecule has 0 aliphatic heterocycles. The predicted octanol–water partition coefficient (Wildman–Crippen LogP) is 2.39. The Labute approximate surface area is 121 Å². The Morgan fingerprint density at radius 1 is 1.05 bits per heavy atom. The number of anilines is 4. The predicted molar refractivity (Wildman–Crippen MR) is 78.0 cm³/mol. The summed E-state index contributed by atoms with van der Waals surface area (Å²) in [5.41, 5.74) is -0.296. The second-order valence-corrected chi connectivity index (χ2v) is 4.43. The van der Waals surface area contributed by atoms with Gasteiger partial charge in [-0.3, -0.25) is 0 Å². The second-order valence-electron chi connectivity index (χ2n) is 4.43. The highest BCUT2D eigenvalue weighted by atomic mass is 19.1. The van der Waals surface area contributed by atoms with E-state index in [1.54, 1.807) is 19.0 Å². The average molecular weight is 294 g/mol. The number of rotatable bonds is 5. The molecule has 0 unspecified atom stereocenters. The number of hydrogen-bond acceptors (Lipinski definition) is 6. The molecule has 0 saturated carbocycles. The van der Waals surface area contributed by atoms with Crippen LogP contribution in [0.15, 0.2) is 18.2 Å². The molecule has 112 valence electrons. The summed E-state index contributed by atoms with van der Waals surface area (Å²) in [5.74, 6) is -0.664. The van der Waals surface area contributed by atoms with Crippen LogP contribution in [-0.4, -0.2) is 35.6 Å². The fourth-order valence-electron chi connectivity index (χ4n) is 1.59. The molecule has 8 heteroatoms. The van der Waals surface area contributed by atoms with E-state index in [9.17, 15) is 8.78 Å². The van der Waals surface area contributed by atoms with Crippen molar-refractivity contribution in [2.45, 2.75) is 6.92 Å². The fourth-order valence-corrected chi connectivity index (χ4v) is 1.59. The van der Waals surface area contributed by atoms with Crippen molar-refractivity contribution in [2.24, 2.45) is 0 Å². The van der Waals surface area contributed by atoms with Gasteiger partial charge in [0.25, 0.3) is 0 Å². The van der Waals surface area contributed by atoms with Crippen LogP contribution in [0.3, 0.4) is 0 Å². The van der Waals surface area contributed by atoms with Gasteiger partial charge in [-0.1, -0.05) is 6.07 Å². The minimum absolute atomic E-state index is 0.0636. The normalized spacial score (nSPS) is 10.3. The van der Waals surface area contributed by atoms with E-state index in [1.165, 1.54) is 6.07 Å². The van der Waals surface area contributed by atoms with Crippen molar-refractivity contribution in [3.8, 4) is 0 Å². The smallest absolute Gasteiger partial charge is 0.233 e. The number of benzene rings is 1. The molecule has 2 rings (SSSR count). The molecular weight excluding hydrogens is 278 g/mol. The number of para-hydroxylation sites is 1. The molecule has 2 N–H and O–H groups in total. The van der Waals surface area contributed by atoms with E-state index < -0.39 is 11.6 Å². The van der Waals surface area contributed by atoms with Gasteiger partial charge in [-0.15, -0.1) is 0 Å². The summed E-state index contributed by atoms with van der Waals surface area (Å²) < 4.78 is 27.3. The Hall–Kier alpha value is -2.51. The van der Waals surface area contributed by atoms with Gasteiger partial charge in [0.1, 0.15) is 17.3 Å². The third-order valence-corrected chi connectivity index (χ3v) is 2.56. The molecule has 1 heterocycles. The maximum atomic E-state index is 13.6. The topological polar surface area (TPSA) is 66.0 Å². The lowest BCUT2D eigenvalue weighted by molar-refractivity contribution is 0.590. The van der Waals surface area contributed by atoms with Crippen molar-refractivity contribution in [3.05, 3.63) is 29.8 Å². The summed E-state index contributed by atoms with van der Waals surface area (Å²) in [7, 11) is 3.52. The van der Waals surface area contributed by atoms with Crippen molar-refractivity contribution < 1.29 is 8.78 Å². The third kappa shape index (κ3) is 3.53. The van der Waals surface area contributed by atoms with Crippen LogP contribution in [-0.2, 0) is 0 Å². The van der Waals surface area contributed by atoms with Gasteiger partial charge >= 0.3 is 0 Å². The Morgan fingerprint density at radius 2 is 1.67 bits per heavy atom. The number of nitrogens with zero attached hydrogens (tertiary/aromatic N) is 4. The van der Waals surface area contributed by atoms with Crippen molar-refractivity contribution in [3.63, 3.8) is 0 Å². The molecule has 0 fully saturated rings. The van der Waals surface area contributed by atoms with Crippen LogP contribution < -0.4 is 15.5 Å². The first-order valence-corrected chi connectivity index (χ1v) is 6.39. The molecule has 2 aromatic rings. The van der Waals surface area contributed by atoms with E-state index in [2.05, 4.69) is 25.6 Å². The molecule has 21 heavy (non-hydrogen) atoms. The first kappa shape index (κ1) is 14.9. The highest BCUT2D eigenvalue weighted by Gasteiger charge is 2.13. The lowest BCUT2D eigenvalue weighted by atomic mass is 10.3. The van der Waals surface area contributed by atoms with Crippen molar-refractivity contribution >= 4 is 23.5 Å². The number of hydrogen-bond donors (Lipinski definition) is 2. The van der Waals surface area contributed by atoms with Crippen LogP contribution in [0, 0.1) is 11.6 Å². The lowest BCUT2D eigenvalue weighted by Gasteiger charge is -2.14. The number of aromatic nitrogens is 3. The molecule has 0 radical (unpaired) electrons. The summed E-state index contributed by atoms with van der Waals surface area (Å²) >= 11 is 0. The fraction of sp³-hybridized carbons (Fsp3) is 0.308. The molecule has 0 bridgehead atoms. The zero-order valence-electron chi connectivity index (χ0n) is 12.0. The average Bonchev–Trinajstić information content (AvgIpc) is 2.43. The van der Waals surface area contributed by atoms with Crippen LogP contribution in [0.4, 0.5) is 32.3 Å². The van der Waals surface area contributed by atoms with Gasteiger partial charge in [0.05, 0.1) is 0 Å². The standard InChI is InChI=1S/C13H16F2N6/c1-4-16-11-18-12(20-13(19-11)21(2)3)17-10-8(14)6-5-7-9(10)15/h5-7H,4H2,1-3H3,(H2,16,17,18,19,20). The zero-order valence-corrected chi connectivity index (χ0v) is 12.0. The third-order valence-electron chi connectivity index (χ3n) is 2.56. The van der Waals surface area contributed by atoms with Crippen molar-refractivity contribution in [1.82, 2.24) is 15.0 Å². The van der Waals surface area contributed by atoms with Gasteiger partial charge in [-0.05, 0) is 19.1 Å². The van der Waals surface area contributed by atoms with Gasteiger partial charge < -0.3 is 15.5 Å². The molecule has 0 aliphatic rings. The first-order valence-electron chi connectivity index (χ1n) is 6.39. The van der Waals surface area contributed by atoms with Gasteiger partial charge in [0.15, 0.2) is 0 Å². The molecule has 0 saturated heterocycles. The molecule has 0 spiro atoms. The van der Waals surface area contributed by atoms with E-state index in [-0.39, 0.29) is 11.6 Å². The Balaban J connectivity index is 2.39. The second kappa shape index (κ2) is 6.29. The minimum Gasteiger partial charge on any atom is -0.354 e. The summed E-state index contributed by atoms with van der Waals surface area (Å²) in [5, 5.41) is 5.50. The number of halogens is 2. The van der Waals surface area contributed by atoms with Crippen LogP contribution in [0.5, 0.6) is 0 Å². The van der Waals surface area contributed by atoms with E-state index >= 15 is 0 Å². The van der Waals surface area contributed by atoms with Crippen LogP contribution in [0.2, 0.25) is 0 Å². The number of nitrogens with one attached hydrogen (secondary N) is 2. The quantitative estimate of drug-likeness (QED) is 0.882. The summed E-state index contributed by atoms with van der Waals surface area (Å²) in [4.78, 5) is 14.0. The highest BCUT2D eigenvalue weighted by Crippen LogP contribution is 2.22. The van der Waals surface area contributed by atoms with Gasteiger partial charge in [-0.2, -0.15) is 15.0 Å². The Morgan fingerprint density at radius 3 is 2.24 bits per heavy atom. The molecule has 1 aromatic heterocycles. The molecule has 0 amide bonds. The van der Waals surface area contributed by atoms with Crippen molar-refractivity contribution in [2.75, 3.05) is 36.2 Å². The van der Waals surface area contributed by atoms with Gasteiger partial charge in [0.2, 0.25) is 17.8 Å². The maximum Gasteiger partial charge on any atom is 0.233 e. The lowest BCUT2D eigenvalue weighted by Crippen LogP contribution is -2.16. The van der Waals surface area contributed by atoms with Gasteiger partial charge in [0, 0.05) is 20.6 Å². The van der Waals surface area contributed by atoms with E-state index in [4.69, 9.17) is 0 Å². The van der Waals surface area contributed by atoms with Crippen LogP contribution in [0.25, 0.3) is 0 Å². The highest BCUT2D eigenvalue weighted by molar-refractivity contribution is 5.57. The van der Waals surface area contributed by atoms with E-state index in [0.717, 1.165) is 12.1 Å². The summed E-state index contributed by atoms with van der Waals surface area (Å²) in [6.45, 7) is 2.51. The Kier molecular flexibility index (Phi) is 4.46. The SMILES string of the molecule is CCNc1nc(Nc2c(F)cccc2F)nc(N(C)C)n1. The van der Waals surface area contributed by atoms with E-state index in [1.807, 2.05) is 6.92 Å². The van der Waals surface area contributed by atoms with E-state index in [0.29, 0.717) is 18.4 Å². The van der Waals surface area contributed by atoms with Crippen molar-refractivity contribution in [1.29, 1.82) is 0 Å². The molecule has 0 atom stereocenters. The first-order chi connectivity index (χ1) is 10.0. The Bertz CT molecular complexity index is 612. The van der Waals surface area contributed by atoms with Gasteiger partial charge in [-0.25, -0.2) is 8.78 Å².